The van der Waals surface area contributed by atoms with E-state index in [0.717, 1.165) is 0 Å². The number of hydrogen-bond donors (Lipinski definition) is 2. The number of nitrogens with zero attached hydrogens (tertiary/aromatic N) is 4. The number of likely N-dealkylation sites (N-methyl/N-ethyl adjacent to an activating group) is 2. The van der Waals surface area contributed by atoms with Gasteiger partial charge in [0.2, 0.25) is 0 Å². The standard InChI is InChI=1S/C18H26N4O4.Ni/c1-17(2)13(23)11(15(25)21(17)5)9-19-7-8-20-10-12-14(24)18(3,4)22(6)16(12)26;/h9-10,25-26H,7-8H2,1-6H3;. The van der Waals surface area contributed by atoms with E-state index in [0.29, 0.717) is 0 Å². The van der Waals surface area contributed by atoms with Crippen molar-refractivity contribution in [3.63, 3.8) is 0 Å². The summed E-state index contributed by atoms with van der Waals surface area (Å²) in [5.74, 6) is -0.573. The number of aliphatic imine (C=N–C) groups is 2. The third-order valence-corrected chi connectivity index (χ3v) is 5.19. The molecule has 2 aliphatic rings. The molecule has 0 aromatic heterocycles. The van der Waals surface area contributed by atoms with Crippen LogP contribution < -0.4 is 0 Å². The molecule has 0 bridgehead atoms. The quantitative estimate of drug-likeness (QED) is 0.394. The Kier molecular flexibility index (Phi) is 6.65. The van der Waals surface area contributed by atoms with E-state index in [4.69, 9.17) is 0 Å². The second kappa shape index (κ2) is 7.84. The van der Waals surface area contributed by atoms with Gasteiger partial charge in [-0.25, -0.2) is 0 Å². The molecular weight excluding hydrogens is 395 g/mol. The summed E-state index contributed by atoms with van der Waals surface area (Å²) in [6, 6.07) is 0. The van der Waals surface area contributed by atoms with Gasteiger partial charge >= 0.3 is 0 Å². The summed E-state index contributed by atoms with van der Waals surface area (Å²) >= 11 is 0. The smallest absolute Gasteiger partial charge is 0.200 e. The number of ketones is 2. The SMILES string of the molecule is CN1C(O)=C(C=NCCN=CC2=C(O)N(C)C(C)(C)C2=O)C(=O)C1(C)C.[Ni]. The predicted octanol–water partition coefficient (Wildman–Crippen LogP) is 1.25. The van der Waals surface area contributed by atoms with Crippen molar-refractivity contribution in [2.75, 3.05) is 27.2 Å². The normalized spacial score (nSPS) is 22.0. The zero-order valence-electron chi connectivity index (χ0n) is 16.4. The van der Waals surface area contributed by atoms with Crippen molar-refractivity contribution in [3.05, 3.63) is 22.9 Å². The first-order valence-corrected chi connectivity index (χ1v) is 8.37. The number of aliphatic hydroxyl groups is 2. The van der Waals surface area contributed by atoms with Gasteiger partial charge in [0.1, 0.15) is 11.1 Å². The number of hydrogen-bond acceptors (Lipinski definition) is 8. The van der Waals surface area contributed by atoms with Crippen LogP contribution in [0.15, 0.2) is 32.9 Å². The monoisotopic (exact) mass is 420 g/mol. The van der Waals surface area contributed by atoms with Gasteiger partial charge < -0.3 is 20.0 Å². The van der Waals surface area contributed by atoms with Crippen molar-refractivity contribution in [1.29, 1.82) is 0 Å². The average molecular weight is 421 g/mol. The van der Waals surface area contributed by atoms with Crippen LogP contribution in [0.25, 0.3) is 0 Å². The summed E-state index contributed by atoms with van der Waals surface area (Å²) in [5.41, 5.74) is -1.24. The first-order valence-electron chi connectivity index (χ1n) is 8.37. The fourth-order valence-corrected chi connectivity index (χ4v) is 2.72. The molecule has 27 heavy (non-hydrogen) atoms. The Morgan fingerprint density at radius 1 is 0.815 bits per heavy atom. The van der Waals surface area contributed by atoms with E-state index >= 15 is 0 Å². The van der Waals surface area contributed by atoms with Crippen LogP contribution in [0.1, 0.15) is 27.7 Å². The Balaban J connectivity index is 0.00000364. The Labute approximate surface area is 169 Å². The molecule has 0 unspecified atom stereocenters. The van der Waals surface area contributed by atoms with Gasteiger partial charge in [0.15, 0.2) is 23.3 Å². The fraction of sp³-hybridized carbons (Fsp3) is 0.556. The number of Topliss-reactive ketones (excluding diaryl/α,β-unsaturated/α-hetero) is 2. The minimum absolute atomic E-state index is 0. The van der Waals surface area contributed by atoms with Crippen molar-refractivity contribution in [3.8, 4) is 0 Å². The molecule has 0 atom stereocenters. The van der Waals surface area contributed by atoms with Crippen LogP contribution in [0.3, 0.4) is 0 Å². The van der Waals surface area contributed by atoms with Crippen molar-refractivity contribution >= 4 is 24.0 Å². The van der Waals surface area contributed by atoms with Gasteiger partial charge in [-0.1, -0.05) is 0 Å². The third-order valence-electron chi connectivity index (χ3n) is 5.19. The van der Waals surface area contributed by atoms with Gasteiger partial charge in [-0.3, -0.25) is 19.6 Å². The zero-order valence-corrected chi connectivity index (χ0v) is 17.4. The summed E-state index contributed by atoms with van der Waals surface area (Å²) in [4.78, 5) is 35.8. The van der Waals surface area contributed by atoms with Crippen LogP contribution in [-0.4, -0.2) is 82.3 Å². The zero-order chi connectivity index (χ0) is 19.9. The Morgan fingerprint density at radius 2 is 1.11 bits per heavy atom. The molecule has 0 aromatic rings. The number of carbonyl (C=O) groups is 2. The van der Waals surface area contributed by atoms with Gasteiger partial charge in [0, 0.05) is 43.0 Å². The minimum Gasteiger partial charge on any atom is -0.494 e. The maximum absolute atomic E-state index is 12.2. The molecule has 0 fully saturated rings. The van der Waals surface area contributed by atoms with Crippen LogP contribution in [0, 0.1) is 0 Å². The van der Waals surface area contributed by atoms with Crippen molar-refractivity contribution in [2.24, 2.45) is 9.98 Å². The molecule has 152 valence electrons. The van der Waals surface area contributed by atoms with Crippen LogP contribution in [-0.2, 0) is 26.1 Å². The van der Waals surface area contributed by atoms with E-state index in [1.165, 1.54) is 22.2 Å². The summed E-state index contributed by atoms with van der Waals surface area (Å²) in [6.07, 6.45) is 2.71. The van der Waals surface area contributed by atoms with Gasteiger partial charge in [-0.05, 0) is 27.7 Å². The van der Waals surface area contributed by atoms with Crippen molar-refractivity contribution in [2.45, 2.75) is 38.8 Å². The second-order valence-electron chi connectivity index (χ2n) is 7.44. The van der Waals surface area contributed by atoms with E-state index in [1.807, 2.05) is 0 Å². The molecule has 2 heterocycles. The number of rotatable bonds is 5. The number of aliphatic hydroxyl groups excluding tert-OH is 2. The molecule has 2 N–H and O–H groups in total. The summed E-state index contributed by atoms with van der Waals surface area (Å²) in [7, 11) is 3.30. The van der Waals surface area contributed by atoms with Gasteiger partial charge in [0.05, 0.1) is 24.2 Å². The van der Waals surface area contributed by atoms with E-state index in [1.54, 1.807) is 41.8 Å². The third kappa shape index (κ3) is 3.79. The topological polar surface area (TPSA) is 106 Å². The molecular formula is C18H26N4NiO4. The Hall–Kier alpha value is -2.15. The summed E-state index contributed by atoms with van der Waals surface area (Å²) < 4.78 is 0. The van der Waals surface area contributed by atoms with Crippen LogP contribution in [0.2, 0.25) is 0 Å². The van der Waals surface area contributed by atoms with Gasteiger partial charge in [-0.2, -0.15) is 0 Å². The van der Waals surface area contributed by atoms with Crippen LogP contribution >= 0.6 is 0 Å². The first kappa shape index (κ1) is 22.9. The van der Waals surface area contributed by atoms with Gasteiger partial charge in [-0.15, -0.1) is 0 Å². The van der Waals surface area contributed by atoms with E-state index in [9.17, 15) is 19.8 Å². The predicted molar refractivity (Wildman–Crippen MR) is 99.7 cm³/mol. The largest absolute Gasteiger partial charge is 0.494 e. The van der Waals surface area contributed by atoms with Crippen molar-refractivity contribution in [1.82, 2.24) is 9.80 Å². The molecule has 2 rings (SSSR count). The van der Waals surface area contributed by atoms with E-state index in [-0.39, 0.29) is 64.1 Å². The molecule has 0 saturated carbocycles. The van der Waals surface area contributed by atoms with Crippen LogP contribution in [0.5, 0.6) is 0 Å². The summed E-state index contributed by atoms with van der Waals surface area (Å²) in [5, 5.41) is 20.1. The van der Waals surface area contributed by atoms with E-state index in [2.05, 4.69) is 9.98 Å². The maximum atomic E-state index is 12.2. The second-order valence-corrected chi connectivity index (χ2v) is 7.44. The molecule has 0 spiro atoms. The Morgan fingerprint density at radius 3 is 1.33 bits per heavy atom. The molecule has 0 aromatic carbocycles. The molecule has 2 aliphatic heterocycles. The number of carbonyl (C=O) groups excluding carboxylic acids is 2. The van der Waals surface area contributed by atoms with Gasteiger partial charge in [0.25, 0.3) is 0 Å². The minimum atomic E-state index is -0.796. The molecule has 9 heteroatoms. The van der Waals surface area contributed by atoms with Crippen molar-refractivity contribution < 1.29 is 36.3 Å². The first-order chi connectivity index (χ1) is 11.9. The van der Waals surface area contributed by atoms with Crippen LogP contribution in [0.4, 0.5) is 0 Å². The maximum Gasteiger partial charge on any atom is 0.200 e. The fourth-order valence-electron chi connectivity index (χ4n) is 2.72. The molecule has 0 aliphatic carbocycles. The summed E-state index contributed by atoms with van der Waals surface area (Å²) in [6.45, 7) is 7.49. The average Bonchev–Trinajstić information content (AvgIpc) is 2.82. The Bertz CT molecular complexity index is 701. The molecule has 0 amide bonds. The molecule has 0 radical (unpaired) electrons. The van der Waals surface area contributed by atoms with E-state index < -0.39 is 11.1 Å². The molecule has 0 saturated heterocycles. The molecule has 8 nitrogen and oxygen atoms in total.